The number of alkyl halides is 3. The molecule has 0 saturated carbocycles. The second kappa shape index (κ2) is 4.00. The van der Waals surface area contributed by atoms with E-state index in [2.05, 4.69) is 4.98 Å². The number of fused-ring (bicyclic) bond motifs is 1. The Morgan fingerprint density at radius 1 is 1.24 bits per heavy atom. The fourth-order valence-corrected chi connectivity index (χ4v) is 1.79. The Hall–Kier alpha value is -1.62. The predicted molar refractivity (Wildman–Crippen MR) is 59.4 cm³/mol. The summed E-state index contributed by atoms with van der Waals surface area (Å²) in [7, 11) is 0. The predicted octanol–water partition coefficient (Wildman–Crippen LogP) is 3.02. The van der Waals surface area contributed by atoms with Crippen LogP contribution in [-0.4, -0.2) is 4.98 Å². The van der Waals surface area contributed by atoms with Crippen LogP contribution in [0.5, 0.6) is 0 Å². The van der Waals surface area contributed by atoms with Crippen molar-refractivity contribution in [3.63, 3.8) is 0 Å². The smallest absolute Gasteiger partial charge is 0.326 e. The van der Waals surface area contributed by atoms with E-state index in [1.54, 1.807) is 13.0 Å². The van der Waals surface area contributed by atoms with E-state index in [1.165, 1.54) is 6.07 Å². The van der Waals surface area contributed by atoms with Crippen molar-refractivity contribution in [2.24, 2.45) is 5.73 Å². The van der Waals surface area contributed by atoms with Gasteiger partial charge in [-0.1, -0.05) is 0 Å². The van der Waals surface area contributed by atoms with Gasteiger partial charge in [-0.25, -0.2) is 0 Å². The molecule has 1 heterocycles. The zero-order chi connectivity index (χ0) is 12.6. The molecular formula is C12H11F3N2. The van der Waals surface area contributed by atoms with Crippen LogP contribution in [0.1, 0.15) is 16.8 Å². The fraction of sp³-hybridized carbons (Fsp3) is 0.250. The Morgan fingerprint density at radius 3 is 2.53 bits per heavy atom. The lowest BCUT2D eigenvalue weighted by Crippen LogP contribution is -2.06. The lowest BCUT2D eigenvalue weighted by Gasteiger charge is -2.10. The number of benzene rings is 1. The molecule has 0 aliphatic carbocycles. The zero-order valence-electron chi connectivity index (χ0n) is 9.17. The van der Waals surface area contributed by atoms with E-state index < -0.39 is 11.7 Å². The number of hydrogen-bond acceptors (Lipinski definition) is 2. The molecule has 0 fully saturated rings. The third-order valence-electron chi connectivity index (χ3n) is 2.57. The SMILES string of the molecule is Cc1cc(CN)c2cc(C(F)(F)F)ccc2n1. The van der Waals surface area contributed by atoms with Crippen LogP contribution in [0.15, 0.2) is 24.3 Å². The van der Waals surface area contributed by atoms with Gasteiger partial charge in [-0.05, 0) is 36.8 Å². The van der Waals surface area contributed by atoms with E-state index in [4.69, 9.17) is 5.73 Å². The van der Waals surface area contributed by atoms with Crippen LogP contribution in [0.25, 0.3) is 10.9 Å². The summed E-state index contributed by atoms with van der Waals surface area (Å²) in [5.41, 5.74) is 6.83. The summed E-state index contributed by atoms with van der Waals surface area (Å²) in [5, 5.41) is 0.466. The molecule has 0 amide bonds. The first-order valence-corrected chi connectivity index (χ1v) is 5.09. The summed E-state index contributed by atoms with van der Waals surface area (Å²) < 4.78 is 37.7. The number of aromatic nitrogens is 1. The normalized spacial score (nSPS) is 12.1. The topological polar surface area (TPSA) is 38.9 Å². The number of nitrogens with two attached hydrogens (primary N) is 1. The van der Waals surface area contributed by atoms with Crippen molar-refractivity contribution in [3.05, 3.63) is 41.1 Å². The highest BCUT2D eigenvalue weighted by molar-refractivity contribution is 5.83. The standard InChI is InChI=1S/C12H11F3N2/c1-7-4-8(6-16)10-5-9(12(13,14)15)2-3-11(10)17-7/h2-5H,6,16H2,1H3. The third kappa shape index (κ3) is 2.24. The number of hydrogen-bond donors (Lipinski definition) is 1. The van der Waals surface area contributed by atoms with Gasteiger partial charge in [-0.3, -0.25) is 4.98 Å². The Bertz CT molecular complexity index is 561. The molecule has 2 rings (SSSR count). The van der Waals surface area contributed by atoms with E-state index in [-0.39, 0.29) is 6.54 Å². The van der Waals surface area contributed by atoms with E-state index >= 15 is 0 Å². The molecule has 0 bridgehead atoms. The second-order valence-corrected chi connectivity index (χ2v) is 3.86. The molecule has 0 aliphatic heterocycles. The Morgan fingerprint density at radius 2 is 1.94 bits per heavy atom. The second-order valence-electron chi connectivity index (χ2n) is 3.86. The maximum Gasteiger partial charge on any atom is 0.416 e. The van der Waals surface area contributed by atoms with Gasteiger partial charge in [0, 0.05) is 17.6 Å². The van der Waals surface area contributed by atoms with Gasteiger partial charge in [0.15, 0.2) is 0 Å². The van der Waals surface area contributed by atoms with E-state index in [0.29, 0.717) is 16.5 Å². The first-order chi connectivity index (χ1) is 7.91. The maximum absolute atomic E-state index is 12.6. The summed E-state index contributed by atoms with van der Waals surface area (Å²) >= 11 is 0. The van der Waals surface area contributed by atoms with Crippen LogP contribution in [0.2, 0.25) is 0 Å². The molecule has 90 valence electrons. The molecule has 0 saturated heterocycles. The Kier molecular flexibility index (Phi) is 2.79. The molecule has 5 heteroatoms. The molecular weight excluding hydrogens is 229 g/mol. The highest BCUT2D eigenvalue weighted by atomic mass is 19.4. The molecule has 2 N–H and O–H groups in total. The molecule has 0 unspecified atom stereocenters. The highest BCUT2D eigenvalue weighted by Crippen LogP contribution is 2.32. The molecule has 0 aliphatic rings. The lowest BCUT2D eigenvalue weighted by atomic mass is 10.0. The molecule has 1 aromatic carbocycles. The van der Waals surface area contributed by atoms with Gasteiger partial charge in [-0.15, -0.1) is 0 Å². The molecule has 2 nitrogen and oxygen atoms in total. The first kappa shape index (κ1) is 11.9. The van der Waals surface area contributed by atoms with E-state index in [1.807, 2.05) is 0 Å². The minimum Gasteiger partial charge on any atom is -0.326 e. The minimum absolute atomic E-state index is 0.196. The molecule has 0 atom stereocenters. The van der Waals surface area contributed by atoms with Crippen LogP contribution in [-0.2, 0) is 12.7 Å². The van der Waals surface area contributed by atoms with Gasteiger partial charge >= 0.3 is 6.18 Å². The summed E-state index contributed by atoms with van der Waals surface area (Å²) in [4.78, 5) is 4.18. The fourth-order valence-electron chi connectivity index (χ4n) is 1.79. The van der Waals surface area contributed by atoms with E-state index in [9.17, 15) is 13.2 Å². The van der Waals surface area contributed by atoms with Crippen LogP contribution in [0.4, 0.5) is 13.2 Å². The summed E-state index contributed by atoms with van der Waals surface area (Å²) in [6, 6.07) is 5.23. The average molecular weight is 240 g/mol. The van der Waals surface area contributed by atoms with Gasteiger partial charge in [0.25, 0.3) is 0 Å². The van der Waals surface area contributed by atoms with Crippen molar-refractivity contribution < 1.29 is 13.2 Å². The van der Waals surface area contributed by atoms with Crippen molar-refractivity contribution >= 4 is 10.9 Å². The molecule has 17 heavy (non-hydrogen) atoms. The van der Waals surface area contributed by atoms with Crippen molar-refractivity contribution in [2.45, 2.75) is 19.6 Å². The van der Waals surface area contributed by atoms with Crippen LogP contribution >= 0.6 is 0 Å². The van der Waals surface area contributed by atoms with Gasteiger partial charge in [0.2, 0.25) is 0 Å². The summed E-state index contributed by atoms with van der Waals surface area (Å²) in [6.07, 6.45) is -4.34. The number of pyridine rings is 1. The summed E-state index contributed by atoms with van der Waals surface area (Å²) in [5.74, 6) is 0. The van der Waals surface area contributed by atoms with Crippen molar-refractivity contribution in [1.29, 1.82) is 0 Å². The monoisotopic (exact) mass is 240 g/mol. The zero-order valence-corrected chi connectivity index (χ0v) is 9.17. The number of rotatable bonds is 1. The molecule has 1 aromatic heterocycles. The van der Waals surface area contributed by atoms with Gasteiger partial charge < -0.3 is 5.73 Å². The maximum atomic E-state index is 12.6. The molecule has 2 aromatic rings. The van der Waals surface area contributed by atoms with Gasteiger partial charge in [-0.2, -0.15) is 13.2 Å². The van der Waals surface area contributed by atoms with Crippen molar-refractivity contribution in [3.8, 4) is 0 Å². The number of nitrogens with zero attached hydrogens (tertiary/aromatic N) is 1. The Balaban J connectivity index is 2.72. The van der Waals surface area contributed by atoms with Crippen molar-refractivity contribution in [1.82, 2.24) is 4.98 Å². The Labute approximate surface area is 96.3 Å². The largest absolute Gasteiger partial charge is 0.416 e. The van der Waals surface area contributed by atoms with Crippen LogP contribution in [0, 0.1) is 6.92 Å². The summed E-state index contributed by atoms with van der Waals surface area (Å²) in [6.45, 7) is 1.98. The van der Waals surface area contributed by atoms with Crippen molar-refractivity contribution in [2.75, 3.05) is 0 Å². The number of halogens is 3. The third-order valence-corrected chi connectivity index (χ3v) is 2.57. The van der Waals surface area contributed by atoms with Gasteiger partial charge in [0.05, 0.1) is 11.1 Å². The number of aryl methyl sites for hydroxylation is 1. The van der Waals surface area contributed by atoms with Gasteiger partial charge in [0.1, 0.15) is 0 Å². The van der Waals surface area contributed by atoms with Crippen LogP contribution < -0.4 is 5.73 Å². The highest BCUT2D eigenvalue weighted by Gasteiger charge is 2.30. The quantitative estimate of drug-likeness (QED) is 0.832. The van der Waals surface area contributed by atoms with E-state index in [0.717, 1.165) is 17.8 Å². The molecule has 0 spiro atoms. The molecule has 0 radical (unpaired) electrons. The lowest BCUT2D eigenvalue weighted by molar-refractivity contribution is -0.137. The van der Waals surface area contributed by atoms with Crippen LogP contribution in [0.3, 0.4) is 0 Å². The minimum atomic E-state index is -4.34. The first-order valence-electron chi connectivity index (χ1n) is 5.09. The average Bonchev–Trinajstić information content (AvgIpc) is 2.25.